The maximum absolute atomic E-state index is 12.5. The van der Waals surface area contributed by atoms with Crippen LogP contribution in [-0.2, 0) is 14.4 Å². The lowest BCUT2D eigenvalue weighted by Crippen LogP contribution is -2.38. The topological polar surface area (TPSA) is 102 Å². The number of ketones is 1. The zero-order valence-electron chi connectivity index (χ0n) is 14.7. The summed E-state index contributed by atoms with van der Waals surface area (Å²) in [6.07, 6.45) is 4.82. The SMILES string of the molecule is CC(=O)c1cc2c(cc1NC(=O)CN1C(=O)C3CC=CCC3C1=O)OCO2. The molecular formula is C19H18N2O6. The Morgan fingerprint density at radius 2 is 1.67 bits per heavy atom. The first kappa shape index (κ1) is 17.3. The molecule has 140 valence electrons. The fraction of sp³-hybridized carbons (Fsp3) is 0.368. The molecule has 1 N–H and O–H groups in total. The number of nitrogens with one attached hydrogen (secondary N) is 1. The molecule has 0 bridgehead atoms. The van der Waals surface area contributed by atoms with Gasteiger partial charge in [-0.1, -0.05) is 12.2 Å². The summed E-state index contributed by atoms with van der Waals surface area (Å²) in [6.45, 7) is 1.03. The molecule has 1 aromatic carbocycles. The standard InChI is InChI=1S/C19H18N2O6/c1-10(22)13-6-15-16(27-9-26-15)7-14(13)20-17(23)8-21-18(24)11-4-2-3-5-12(11)19(21)25/h2-3,6-7,11-12H,4-5,8-9H2,1H3,(H,20,23). The molecule has 0 aromatic heterocycles. The van der Waals surface area contributed by atoms with Crippen molar-refractivity contribution in [2.24, 2.45) is 11.8 Å². The summed E-state index contributed by atoms with van der Waals surface area (Å²) < 4.78 is 10.5. The van der Waals surface area contributed by atoms with Crippen molar-refractivity contribution < 1.29 is 28.7 Å². The molecule has 2 heterocycles. The minimum atomic E-state index is -0.551. The third-order valence-corrected chi connectivity index (χ3v) is 5.07. The lowest BCUT2D eigenvalue weighted by molar-refractivity contribution is -0.142. The number of rotatable bonds is 4. The van der Waals surface area contributed by atoms with Gasteiger partial charge in [0.25, 0.3) is 0 Å². The highest BCUT2D eigenvalue weighted by molar-refractivity contribution is 6.10. The molecule has 1 fully saturated rings. The van der Waals surface area contributed by atoms with E-state index in [4.69, 9.17) is 9.47 Å². The van der Waals surface area contributed by atoms with Crippen LogP contribution in [0.25, 0.3) is 0 Å². The predicted octanol–water partition coefficient (Wildman–Crippen LogP) is 1.51. The molecule has 0 spiro atoms. The Morgan fingerprint density at radius 1 is 1.07 bits per heavy atom. The van der Waals surface area contributed by atoms with Crippen LogP contribution in [0.1, 0.15) is 30.1 Å². The Balaban J connectivity index is 1.51. The van der Waals surface area contributed by atoms with E-state index in [9.17, 15) is 19.2 Å². The third kappa shape index (κ3) is 2.97. The van der Waals surface area contributed by atoms with Crippen molar-refractivity contribution in [2.45, 2.75) is 19.8 Å². The molecule has 8 heteroatoms. The van der Waals surface area contributed by atoms with Gasteiger partial charge in [0, 0.05) is 11.6 Å². The molecule has 2 unspecified atom stereocenters. The minimum Gasteiger partial charge on any atom is -0.454 e. The van der Waals surface area contributed by atoms with Crippen LogP contribution in [0.4, 0.5) is 5.69 Å². The summed E-state index contributed by atoms with van der Waals surface area (Å²) in [4.78, 5) is 50.3. The van der Waals surface area contributed by atoms with E-state index >= 15 is 0 Å². The van der Waals surface area contributed by atoms with E-state index in [0.29, 0.717) is 24.3 Å². The second-order valence-electron chi connectivity index (χ2n) is 6.77. The van der Waals surface area contributed by atoms with Gasteiger partial charge in [0.15, 0.2) is 17.3 Å². The third-order valence-electron chi connectivity index (χ3n) is 5.07. The molecular weight excluding hydrogens is 352 g/mol. The molecule has 0 radical (unpaired) electrons. The largest absolute Gasteiger partial charge is 0.454 e. The highest BCUT2D eigenvalue weighted by Gasteiger charge is 2.47. The van der Waals surface area contributed by atoms with Gasteiger partial charge in [-0.15, -0.1) is 0 Å². The number of imide groups is 1. The van der Waals surface area contributed by atoms with Gasteiger partial charge in [-0.3, -0.25) is 24.1 Å². The number of hydrogen-bond acceptors (Lipinski definition) is 6. The number of likely N-dealkylation sites (tertiary alicyclic amines) is 1. The second kappa shape index (κ2) is 6.53. The smallest absolute Gasteiger partial charge is 0.244 e. The summed E-state index contributed by atoms with van der Waals surface area (Å²) in [5.74, 6) is -1.36. The van der Waals surface area contributed by atoms with Crippen molar-refractivity contribution in [2.75, 3.05) is 18.7 Å². The second-order valence-corrected chi connectivity index (χ2v) is 6.77. The first-order chi connectivity index (χ1) is 13.0. The molecule has 1 aliphatic carbocycles. The molecule has 0 saturated carbocycles. The van der Waals surface area contributed by atoms with E-state index < -0.39 is 5.91 Å². The van der Waals surface area contributed by atoms with Gasteiger partial charge in [-0.2, -0.15) is 0 Å². The first-order valence-electron chi connectivity index (χ1n) is 8.70. The zero-order chi connectivity index (χ0) is 19.1. The number of benzene rings is 1. The van der Waals surface area contributed by atoms with Crippen LogP contribution < -0.4 is 14.8 Å². The van der Waals surface area contributed by atoms with Crippen molar-refractivity contribution in [3.8, 4) is 11.5 Å². The van der Waals surface area contributed by atoms with Crippen molar-refractivity contribution in [3.63, 3.8) is 0 Å². The van der Waals surface area contributed by atoms with Crippen LogP contribution in [0, 0.1) is 11.8 Å². The first-order valence-corrected chi connectivity index (χ1v) is 8.70. The molecule has 3 aliphatic rings. The Kier molecular flexibility index (Phi) is 4.18. The molecule has 2 atom stereocenters. The zero-order valence-corrected chi connectivity index (χ0v) is 14.7. The van der Waals surface area contributed by atoms with E-state index in [2.05, 4.69) is 5.32 Å². The molecule has 27 heavy (non-hydrogen) atoms. The summed E-state index contributed by atoms with van der Waals surface area (Å²) in [7, 11) is 0. The van der Waals surface area contributed by atoms with Crippen LogP contribution in [0.15, 0.2) is 24.3 Å². The van der Waals surface area contributed by atoms with E-state index in [0.717, 1.165) is 4.90 Å². The summed E-state index contributed by atoms with van der Waals surface area (Å²) in [6, 6.07) is 3.01. The van der Waals surface area contributed by atoms with Crippen molar-refractivity contribution in [1.29, 1.82) is 0 Å². The van der Waals surface area contributed by atoms with E-state index in [1.54, 1.807) is 0 Å². The fourth-order valence-electron chi connectivity index (χ4n) is 3.69. The van der Waals surface area contributed by atoms with Crippen molar-refractivity contribution >= 4 is 29.2 Å². The van der Waals surface area contributed by atoms with Crippen LogP contribution >= 0.6 is 0 Å². The highest BCUT2D eigenvalue weighted by Crippen LogP contribution is 2.38. The summed E-state index contributed by atoms with van der Waals surface area (Å²) >= 11 is 0. The number of ether oxygens (including phenoxy) is 2. The Morgan fingerprint density at radius 3 is 2.26 bits per heavy atom. The van der Waals surface area contributed by atoms with Gasteiger partial charge < -0.3 is 14.8 Å². The summed E-state index contributed by atoms with van der Waals surface area (Å²) in [5, 5.41) is 2.61. The molecule has 1 saturated heterocycles. The maximum atomic E-state index is 12.5. The van der Waals surface area contributed by atoms with Gasteiger partial charge in [-0.05, 0) is 25.8 Å². The van der Waals surface area contributed by atoms with Gasteiger partial charge in [0.1, 0.15) is 6.54 Å². The number of anilines is 1. The number of fused-ring (bicyclic) bond motifs is 2. The molecule has 3 amide bonds. The van der Waals surface area contributed by atoms with E-state index in [-0.39, 0.29) is 54.0 Å². The number of allylic oxidation sites excluding steroid dienone is 2. The number of carbonyl (C=O) groups is 4. The highest BCUT2D eigenvalue weighted by atomic mass is 16.7. The van der Waals surface area contributed by atoms with Gasteiger partial charge in [0.05, 0.1) is 17.5 Å². The Bertz CT molecular complexity index is 864. The fourth-order valence-corrected chi connectivity index (χ4v) is 3.69. The van der Waals surface area contributed by atoms with Crippen molar-refractivity contribution in [3.05, 3.63) is 29.8 Å². The van der Waals surface area contributed by atoms with Gasteiger partial charge in [-0.25, -0.2) is 0 Å². The van der Waals surface area contributed by atoms with Crippen molar-refractivity contribution in [1.82, 2.24) is 4.90 Å². The lowest BCUT2D eigenvalue weighted by Gasteiger charge is -2.16. The normalized spacial score (nSPS) is 22.8. The van der Waals surface area contributed by atoms with Crippen LogP contribution in [0.3, 0.4) is 0 Å². The van der Waals surface area contributed by atoms with Crippen LogP contribution in [-0.4, -0.2) is 41.7 Å². The number of amides is 3. The molecule has 4 rings (SSSR count). The Hall–Kier alpha value is -3.16. The average Bonchev–Trinajstić information content (AvgIpc) is 3.19. The molecule has 1 aromatic rings. The molecule has 2 aliphatic heterocycles. The lowest BCUT2D eigenvalue weighted by atomic mass is 9.85. The number of hydrogen-bond donors (Lipinski definition) is 1. The minimum absolute atomic E-state index is 0.0394. The number of nitrogens with zero attached hydrogens (tertiary/aromatic N) is 1. The van der Waals surface area contributed by atoms with Gasteiger partial charge in [0.2, 0.25) is 24.5 Å². The van der Waals surface area contributed by atoms with Crippen LogP contribution in [0.2, 0.25) is 0 Å². The maximum Gasteiger partial charge on any atom is 0.244 e. The quantitative estimate of drug-likeness (QED) is 0.490. The van der Waals surface area contributed by atoms with E-state index in [1.165, 1.54) is 19.1 Å². The number of carbonyl (C=O) groups excluding carboxylic acids is 4. The Labute approximate surface area is 155 Å². The summed E-state index contributed by atoms with van der Waals surface area (Å²) in [5.41, 5.74) is 0.527. The van der Waals surface area contributed by atoms with E-state index in [1.807, 2.05) is 12.2 Å². The monoisotopic (exact) mass is 370 g/mol. The average molecular weight is 370 g/mol. The van der Waals surface area contributed by atoms with Crippen LogP contribution in [0.5, 0.6) is 11.5 Å². The van der Waals surface area contributed by atoms with Gasteiger partial charge >= 0.3 is 0 Å². The molecule has 8 nitrogen and oxygen atoms in total. The predicted molar refractivity (Wildman–Crippen MR) is 93.3 cm³/mol. The number of Topliss-reactive ketones (excluding diaryl/α,β-unsaturated/α-hetero) is 1.